The number of halogens is 2. The highest BCUT2D eigenvalue weighted by atomic mass is 35.5. The molecule has 2 aromatic carbocycles. The van der Waals surface area contributed by atoms with Crippen molar-refractivity contribution in [2.24, 2.45) is 0 Å². The fraction of sp³-hybridized carbons (Fsp3) is 0.217. The predicted molar refractivity (Wildman–Crippen MR) is 126 cm³/mol. The third-order valence-corrected chi connectivity index (χ3v) is 4.83. The average Bonchev–Trinajstić information content (AvgIpc) is 2.69. The van der Waals surface area contributed by atoms with Crippen LogP contribution < -0.4 is 26.6 Å². The molecule has 8 heteroatoms. The number of hydrogen-bond donors (Lipinski definition) is 2. The fourth-order valence-corrected chi connectivity index (χ4v) is 3.46. The zero-order valence-electron chi connectivity index (χ0n) is 17.2. The van der Waals surface area contributed by atoms with Gasteiger partial charge in [-0.15, -0.1) is 0 Å². The summed E-state index contributed by atoms with van der Waals surface area (Å²) in [5, 5.41) is 1.15. The van der Waals surface area contributed by atoms with E-state index in [1.165, 1.54) is 6.08 Å². The van der Waals surface area contributed by atoms with Gasteiger partial charge in [0.2, 0.25) is 0 Å². The number of nitrogens with one attached hydrogen (secondary N) is 2. The minimum absolute atomic E-state index is 0.113. The second-order valence-electron chi connectivity index (χ2n) is 7.30. The Morgan fingerprint density at radius 3 is 1.97 bits per heavy atom. The van der Waals surface area contributed by atoms with Gasteiger partial charge in [0, 0.05) is 16.6 Å². The van der Waals surface area contributed by atoms with E-state index in [9.17, 15) is 9.59 Å². The second kappa shape index (κ2) is 10.5. The number of aromatic nitrogens is 2. The normalized spacial score (nSPS) is 12.5. The third kappa shape index (κ3) is 6.85. The summed E-state index contributed by atoms with van der Waals surface area (Å²) in [6.07, 6.45) is 4.06. The number of aromatic amines is 2. The van der Waals surface area contributed by atoms with Crippen molar-refractivity contribution in [1.29, 1.82) is 0 Å². The van der Waals surface area contributed by atoms with E-state index in [0.29, 0.717) is 22.2 Å². The number of benzene rings is 2. The second-order valence-corrected chi connectivity index (χ2v) is 8.17. The monoisotopic (exact) mass is 459 g/mol. The molecule has 0 aliphatic rings. The summed E-state index contributed by atoms with van der Waals surface area (Å²) in [4.78, 5) is 32.2. The van der Waals surface area contributed by atoms with Gasteiger partial charge in [-0.25, -0.2) is 0 Å². The first-order chi connectivity index (χ1) is 14.8. The molecule has 0 amide bonds. The summed E-state index contributed by atoms with van der Waals surface area (Å²) in [6, 6.07) is 12.2. The molecule has 0 atom stereocenters. The van der Waals surface area contributed by atoms with E-state index >= 15 is 0 Å². The molecule has 2 N–H and O–H groups in total. The van der Waals surface area contributed by atoms with Crippen LogP contribution in [0, 0.1) is 0 Å². The van der Waals surface area contributed by atoms with Gasteiger partial charge in [0.15, 0.2) is 0 Å². The Morgan fingerprint density at radius 1 is 0.871 bits per heavy atom. The Hall–Kier alpha value is -2.80. The maximum atomic E-state index is 12.5. The number of H-pyrrole nitrogens is 2. The summed E-state index contributed by atoms with van der Waals surface area (Å²) < 4.78 is 5.70. The zero-order chi connectivity index (χ0) is 22.4. The van der Waals surface area contributed by atoms with Crippen molar-refractivity contribution < 1.29 is 4.74 Å². The molecule has 1 aromatic heterocycles. The van der Waals surface area contributed by atoms with Gasteiger partial charge in [0.05, 0.1) is 6.61 Å². The topological polar surface area (TPSA) is 78.2 Å². The summed E-state index contributed by atoms with van der Waals surface area (Å²) >= 11 is 12.0. The molecule has 31 heavy (non-hydrogen) atoms. The molecule has 0 saturated heterocycles. The maximum Gasteiger partial charge on any atom is 0.272 e. The minimum Gasteiger partial charge on any atom is -0.494 e. The van der Waals surface area contributed by atoms with Gasteiger partial charge in [-0.1, -0.05) is 35.3 Å². The lowest BCUT2D eigenvalue weighted by molar-refractivity contribution is 0.281. The van der Waals surface area contributed by atoms with Gasteiger partial charge >= 0.3 is 0 Å². The molecule has 162 valence electrons. The van der Waals surface area contributed by atoms with Crippen LogP contribution in [0.2, 0.25) is 10.0 Å². The van der Waals surface area contributed by atoms with Gasteiger partial charge in [-0.3, -0.25) is 9.59 Å². The minimum atomic E-state index is -0.428. The van der Waals surface area contributed by atoms with E-state index in [1.54, 1.807) is 24.3 Å². The SMILES string of the molecule is CN(C)CCCOc1ccc(/C=c2\[nH]c(=O)/c(=C/c3cc(Cl)cc(Cl)c3)[nH]c2=O)cc1. The molecule has 0 aliphatic carbocycles. The standard InChI is InChI=1S/C23H23Cl2N3O3/c1-28(2)8-3-9-31-19-6-4-15(5-7-19)12-20-22(29)27-21(23(30)26-20)13-16-10-17(24)14-18(25)11-16/h4-7,10-14H,3,8-9H2,1-2H3,(H,26,30)(H,27,29)/b20-12-,21-13-. The van der Waals surface area contributed by atoms with Crippen LogP contribution in [-0.4, -0.2) is 42.1 Å². The van der Waals surface area contributed by atoms with E-state index in [1.807, 2.05) is 38.4 Å². The van der Waals surface area contributed by atoms with E-state index in [2.05, 4.69) is 14.9 Å². The Balaban J connectivity index is 1.82. The Morgan fingerprint density at radius 2 is 1.42 bits per heavy atom. The van der Waals surface area contributed by atoms with Crippen molar-refractivity contribution in [2.45, 2.75) is 6.42 Å². The van der Waals surface area contributed by atoms with Gasteiger partial charge < -0.3 is 19.6 Å². The summed E-state index contributed by atoms with van der Waals surface area (Å²) in [5.41, 5.74) is 0.530. The van der Waals surface area contributed by atoms with Gasteiger partial charge in [0.1, 0.15) is 16.4 Å². The fourth-order valence-electron chi connectivity index (χ4n) is 2.92. The van der Waals surface area contributed by atoms with Crippen LogP contribution in [0.5, 0.6) is 5.75 Å². The first kappa shape index (κ1) is 22.9. The number of nitrogens with zero attached hydrogens (tertiary/aromatic N) is 1. The lowest BCUT2D eigenvalue weighted by atomic mass is 10.2. The van der Waals surface area contributed by atoms with Crippen LogP contribution in [0.3, 0.4) is 0 Å². The van der Waals surface area contributed by atoms with Crippen molar-refractivity contribution in [2.75, 3.05) is 27.2 Å². The molecule has 3 rings (SSSR count). The van der Waals surface area contributed by atoms with Crippen LogP contribution in [0.1, 0.15) is 17.5 Å². The van der Waals surface area contributed by atoms with Crippen molar-refractivity contribution in [3.05, 3.63) is 95.0 Å². The molecule has 0 bridgehead atoms. The van der Waals surface area contributed by atoms with Crippen LogP contribution in [0.15, 0.2) is 52.1 Å². The average molecular weight is 460 g/mol. The Kier molecular flexibility index (Phi) is 7.74. The largest absolute Gasteiger partial charge is 0.494 e. The Labute approximate surface area is 189 Å². The van der Waals surface area contributed by atoms with Crippen LogP contribution >= 0.6 is 23.2 Å². The first-order valence-electron chi connectivity index (χ1n) is 9.70. The molecule has 0 fully saturated rings. The van der Waals surface area contributed by atoms with Crippen LogP contribution in [0.25, 0.3) is 12.2 Å². The highest BCUT2D eigenvalue weighted by molar-refractivity contribution is 6.34. The molecule has 0 radical (unpaired) electrons. The summed E-state index contributed by atoms with van der Waals surface area (Å²) in [7, 11) is 4.04. The highest BCUT2D eigenvalue weighted by Gasteiger charge is 2.00. The summed E-state index contributed by atoms with van der Waals surface area (Å²) in [6.45, 7) is 1.59. The number of rotatable bonds is 7. The molecular weight excluding hydrogens is 437 g/mol. The first-order valence-corrected chi connectivity index (χ1v) is 10.5. The van der Waals surface area contributed by atoms with E-state index in [-0.39, 0.29) is 10.7 Å². The quantitative estimate of drug-likeness (QED) is 0.531. The number of ether oxygens (including phenoxy) is 1. The highest BCUT2D eigenvalue weighted by Crippen LogP contribution is 2.19. The van der Waals surface area contributed by atoms with Crippen molar-refractivity contribution in [1.82, 2.24) is 14.9 Å². The van der Waals surface area contributed by atoms with Gasteiger partial charge in [-0.05, 0) is 74.1 Å². The lowest BCUT2D eigenvalue weighted by Gasteiger charge is -2.10. The summed E-state index contributed by atoms with van der Waals surface area (Å²) in [5.74, 6) is 0.753. The van der Waals surface area contributed by atoms with Crippen LogP contribution in [-0.2, 0) is 0 Å². The van der Waals surface area contributed by atoms with Crippen molar-refractivity contribution in [3.63, 3.8) is 0 Å². The predicted octanol–water partition coefficient (Wildman–Crippen LogP) is 2.36. The maximum absolute atomic E-state index is 12.5. The van der Waals surface area contributed by atoms with Crippen molar-refractivity contribution in [3.8, 4) is 5.75 Å². The lowest BCUT2D eigenvalue weighted by Crippen LogP contribution is -2.46. The van der Waals surface area contributed by atoms with Crippen molar-refractivity contribution >= 4 is 35.4 Å². The molecule has 3 aromatic rings. The van der Waals surface area contributed by atoms with Gasteiger partial charge in [-0.2, -0.15) is 0 Å². The van der Waals surface area contributed by atoms with Crippen LogP contribution in [0.4, 0.5) is 0 Å². The smallest absolute Gasteiger partial charge is 0.272 e. The molecular formula is C23H23Cl2N3O3. The molecule has 0 unspecified atom stereocenters. The zero-order valence-corrected chi connectivity index (χ0v) is 18.8. The molecule has 0 saturated carbocycles. The Bertz CT molecular complexity index is 1260. The van der Waals surface area contributed by atoms with E-state index < -0.39 is 11.1 Å². The number of hydrogen-bond acceptors (Lipinski definition) is 4. The third-order valence-electron chi connectivity index (χ3n) is 4.39. The molecule has 6 nitrogen and oxygen atoms in total. The van der Waals surface area contributed by atoms with E-state index in [4.69, 9.17) is 27.9 Å². The molecule has 0 spiro atoms. The molecule has 1 heterocycles. The molecule has 0 aliphatic heterocycles. The van der Waals surface area contributed by atoms with Gasteiger partial charge in [0.25, 0.3) is 11.1 Å². The van der Waals surface area contributed by atoms with E-state index in [0.717, 1.165) is 24.3 Å².